The maximum atomic E-state index is 12.9. The third kappa shape index (κ3) is 4.01. The van der Waals surface area contributed by atoms with Crippen LogP contribution in [0.25, 0.3) is 0 Å². The zero-order valence-electron chi connectivity index (χ0n) is 16.2. The minimum absolute atomic E-state index is 0.00609. The van der Waals surface area contributed by atoms with Crippen LogP contribution in [0, 0.1) is 6.92 Å². The third-order valence-corrected chi connectivity index (χ3v) is 4.98. The van der Waals surface area contributed by atoms with Crippen LogP contribution in [0.15, 0.2) is 18.2 Å². The molecule has 6 nitrogen and oxygen atoms in total. The molecule has 6 heteroatoms. The number of aryl methyl sites for hydroxylation is 1. The molecule has 2 saturated heterocycles. The second-order valence-corrected chi connectivity index (χ2v) is 8.00. The number of likely N-dealkylation sites (tertiary alicyclic amines) is 1. The molecule has 142 valence electrons. The molecule has 1 aromatic carbocycles. The van der Waals surface area contributed by atoms with Crippen LogP contribution in [0.3, 0.4) is 0 Å². The molecule has 0 radical (unpaired) electrons. The topological polar surface area (TPSA) is 61.9 Å². The van der Waals surface area contributed by atoms with Crippen molar-refractivity contribution in [2.24, 2.45) is 0 Å². The van der Waals surface area contributed by atoms with E-state index in [2.05, 4.69) is 5.32 Å². The Morgan fingerprint density at radius 3 is 2.54 bits per heavy atom. The lowest BCUT2D eigenvalue weighted by Gasteiger charge is -2.41. The molecule has 3 rings (SSSR count). The zero-order chi connectivity index (χ0) is 18.9. The first-order chi connectivity index (χ1) is 12.3. The first-order valence-electron chi connectivity index (χ1n) is 9.39. The summed E-state index contributed by atoms with van der Waals surface area (Å²) in [5.74, 6) is 0.00609. The number of nitrogens with zero attached hydrogens (tertiary/aromatic N) is 2. The van der Waals surface area contributed by atoms with Crippen molar-refractivity contribution in [2.45, 2.75) is 52.2 Å². The van der Waals surface area contributed by atoms with E-state index in [1.165, 1.54) is 0 Å². The molecular formula is C20H29N3O3. The average molecular weight is 359 g/mol. The van der Waals surface area contributed by atoms with E-state index in [-0.39, 0.29) is 23.6 Å². The average Bonchev–Trinajstić information content (AvgIpc) is 3.07. The van der Waals surface area contributed by atoms with Crippen molar-refractivity contribution < 1.29 is 14.3 Å². The molecule has 2 fully saturated rings. The van der Waals surface area contributed by atoms with Crippen LogP contribution in [0.2, 0.25) is 0 Å². The number of rotatable bonds is 2. The van der Waals surface area contributed by atoms with E-state index in [9.17, 15) is 9.59 Å². The molecule has 0 saturated carbocycles. The molecule has 1 aromatic rings. The van der Waals surface area contributed by atoms with Gasteiger partial charge in [-0.1, -0.05) is 12.1 Å². The van der Waals surface area contributed by atoms with Gasteiger partial charge in [0.05, 0.1) is 29.5 Å². The molecule has 0 aromatic heterocycles. The van der Waals surface area contributed by atoms with E-state index in [4.69, 9.17) is 4.74 Å². The molecule has 1 atom stereocenters. The summed E-state index contributed by atoms with van der Waals surface area (Å²) < 4.78 is 5.87. The van der Waals surface area contributed by atoms with Crippen LogP contribution in [0.5, 0.6) is 0 Å². The SMILES string of the molecule is Cc1cccc(NC(=O)N2CC(C)OC(C)(C)C2)c1C(=O)N1CCCC1. The first kappa shape index (κ1) is 18.7. The number of hydrogen-bond acceptors (Lipinski definition) is 3. The standard InChI is InChI=1S/C20H29N3O3/c1-14-8-7-9-16(17(14)18(24)22-10-5-6-11-22)21-19(25)23-12-15(2)26-20(3,4)13-23/h7-9,15H,5-6,10-13H2,1-4H3,(H,21,25). The van der Waals surface area contributed by atoms with Crippen molar-refractivity contribution in [3.05, 3.63) is 29.3 Å². The van der Waals surface area contributed by atoms with Crippen LogP contribution < -0.4 is 5.32 Å². The monoisotopic (exact) mass is 359 g/mol. The number of hydrogen-bond donors (Lipinski definition) is 1. The highest BCUT2D eigenvalue weighted by atomic mass is 16.5. The zero-order valence-corrected chi connectivity index (χ0v) is 16.2. The third-order valence-electron chi connectivity index (χ3n) is 4.98. The van der Waals surface area contributed by atoms with E-state index < -0.39 is 0 Å². The maximum absolute atomic E-state index is 12.9. The number of morpholine rings is 1. The van der Waals surface area contributed by atoms with Crippen LogP contribution >= 0.6 is 0 Å². The van der Waals surface area contributed by atoms with E-state index >= 15 is 0 Å². The Bertz CT molecular complexity index is 696. The number of anilines is 1. The number of ether oxygens (including phenoxy) is 1. The quantitative estimate of drug-likeness (QED) is 0.882. The van der Waals surface area contributed by atoms with Crippen molar-refractivity contribution >= 4 is 17.6 Å². The van der Waals surface area contributed by atoms with Gasteiger partial charge in [0.25, 0.3) is 5.91 Å². The largest absolute Gasteiger partial charge is 0.369 e. The highest BCUT2D eigenvalue weighted by molar-refractivity contribution is 6.04. The second-order valence-electron chi connectivity index (χ2n) is 8.00. The van der Waals surface area contributed by atoms with E-state index in [1.54, 1.807) is 4.90 Å². The van der Waals surface area contributed by atoms with Gasteiger partial charge in [-0.25, -0.2) is 4.79 Å². The molecule has 2 heterocycles. The minimum Gasteiger partial charge on any atom is -0.369 e. The van der Waals surface area contributed by atoms with Gasteiger partial charge in [0.15, 0.2) is 0 Å². The molecule has 1 unspecified atom stereocenters. The van der Waals surface area contributed by atoms with Crippen molar-refractivity contribution in [3.8, 4) is 0 Å². The number of carbonyl (C=O) groups excluding carboxylic acids is 2. The first-order valence-corrected chi connectivity index (χ1v) is 9.39. The predicted molar refractivity (Wildman–Crippen MR) is 102 cm³/mol. The van der Waals surface area contributed by atoms with Crippen molar-refractivity contribution in [3.63, 3.8) is 0 Å². The van der Waals surface area contributed by atoms with Crippen LogP contribution in [0.4, 0.5) is 10.5 Å². The van der Waals surface area contributed by atoms with E-state index in [0.717, 1.165) is 31.5 Å². The number of amides is 3. The van der Waals surface area contributed by atoms with Gasteiger partial charge in [0.2, 0.25) is 0 Å². The molecule has 1 N–H and O–H groups in total. The van der Waals surface area contributed by atoms with Gasteiger partial charge in [0, 0.05) is 19.6 Å². The van der Waals surface area contributed by atoms with Gasteiger partial charge in [-0.05, 0) is 52.2 Å². The van der Waals surface area contributed by atoms with Crippen molar-refractivity contribution in [1.29, 1.82) is 0 Å². The van der Waals surface area contributed by atoms with Gasteiger partial charge in [-0.2, -0.15) is 0 Å². The molecule has 0 aliphatic carbocycles. The second kappa shape index (κ2) is 7.27. The summed E-state index contributed by atoms with van der Waals surface area (Å²) in [5.41, 5.74) is 1.69. The summed E-state index contributed by atoms with van der Waals surface area (Å²) in [5, 5.41) is 2.97. The lowest BCUT2D eigenvalue weighted by molar-refractivity contribution is -0.116. The highest BCUT2D eigenvalue weighted by Crippen LogP contribution is 2.26. The van der Waals surface area contributed by atoms with E-state index in [1.807, 2.05) is 50.8 Å². The Labute approximate surface area is 155 Å². The Morgan fingerprint density at radius 1 is 1.19 bits per heavy atom. The normalized spacial score (nSPS) is 22.4. The van der Waals surface area contributed by atoms with Crippen LogP contribution in [0.1, 0.15) is 49.5 Å². The fourth-order valence-electron chi connectivity index (χ4n) is 3.94. The number of carbonyl (C=O) groups is 2. The molecular weight excluding hydrogens is 330 g/mol. The van der Waals surface area contributed by atoms with E-state index in [0.29, 0.717) is 24.3 Å². The van der Waals surface area contributed by atoms with Gasteiger partial charge in [-0.15, -0.1) is 0 Å². The smallest absolute Gasteiger partial charge is 0.322 e. The Morgan fingerprint density at radius 2 is 1.88 bits per heavy atom. The summed E-state index contributed by atoms with van der Waals surface area (Å²) in [7, 11) is 0. The summed E-state index contributed by atoms with van der Waals surface area (Å²) in [6.07, 6.45) is 2.06. The number of benzene rings is 1. The minimum atomic E-state index is -0.379. The van der Waals surface area contributed by atoms with Gasteiger partial charge < -0.3 is 19.9 Å². The van der Waals surface area contributed by atoms with Gasteiger partial charge in [-0.3, -0.25) is 4.79 Å². The molecule has 0 spiro atoms. The Hall–Kier alpha value is -2.08. The summed E-state index contributed by atoms with van der Waals surface area (Å²) in [6.45, 7) is 10.5. The Balaban J connectivity index is 1.80. The fraction of sp³-hybridized carbons (Fsp3) is 0.600. The number of urea groups is 1. The van der Waals surface area contributed by atoms with Crippen molar-refractivity contribution in [1.82, 2.24) is 9.80 Å². The Kier molecular flexibility index (Phi) is 5.23. The molecule has 26 heavy (non-hydrogen) atoms. The fourth-order valence-corrected chi connectivity index (χ4v) is 3.94. The van der Waals surface area contributed by atoms with Gasteiger partial charge in [0.1, 0.15) is 0 Å². The molecule has 2 aliphatic heterocycles. The summed E-state index contributed by atoms with van der Waals surface area (Å²) in [6, 6.07) is 5.41. The molecule has 0 bridgehead atoms. The molecule has 3 amide bonds. The lowest BCUT2D eigenvalue weighted by atomic mass is 10.0. The summed E-state index contributed by atoms with van der Waals surface area (Å²) >= 11 is 0. The van der Waals surface area contributed by atoms with Crippen LogP contribution in [-0.2, 0) is 4.74 Å². The summed E-state index contributed by atoms with van der Waals surface area (Å²) in [4.78, 5) is 29.4. The predicted octanol–water partition coefficient (Wildman–Crippen LogP) is 3.26. The lowest BCUT2D eigenvalue weighted by Crippen LogP contribution is -2.54. The van der Waals surface area contributed by atoms with Gasteiger partial charge >= 0.3 is 6.03 Å². The van der Waals surface area contributed by atoms with Crippen LogP contribution in [-0.4, -0.2) is 59.6 Å². The molecule has 2 aliphatic rings. The highest BCUT2D eigenvalue weighted by Gasteiger charge is 2.34. The number of nitrogens with one attached hydrogen (secondary N) is 1. The van der Waals surface area contributed by atoms with Crippen molar-refractivity contribution in [2.75, 3.05) is 31.5 Å². The maximum Gasteiger partial charge on any atom is 0.322 e.